The molecule has 2 atom stereocenters. The number of nitrogens with one attached hydrogen (secondary N) is 1. The summed E-state index contributed by atoms with van der Waals surface area (Å²) in [5.74, 6) is 1.66. The molecule has 4 heteroatoms. The molecule has 19 heavy (non-hydrogen) atoms. The van der Waals surface area contributed by atoms with Gasteiger partial charge in [0.25, 0.3) is 0 Å². The molecule has 0 saturated heterocycles. The Bertz CT molecular complexity index is 408. The number of aliphatic hydroxyl groups is 1. The van der Waals surface area contributed by atoms with Gasteiger partial charge in [-0.2, -0.15) is 0 Å². The molecule has 0 amide bonds. The molecule has 106 valence electrons. The van der Waals surface area contributed by atoms with Crippen LogP contribution in [0.5, 0.6) is 11.5 Å². The van der Waals surface area contributed by atoms with Crippen molar-refractivity contribution in [2.45, 2.75) is 38.8 Å². The zero-order valence-corrected chi connectivity index (χ0v) is 11.7. The van der Waals surface area contributed by atoms with Crippen LogP contribution >= 0.6 is 0 Å². The van der Waals surface area contributed by atoms with E-state index in [1.54, 1.807) is 0 Å². The van der Waals surface area contributed by atoms with Crippen LogP contribution in [0.2, 0.25) is 0 Å². The third-order valence-electron chi connectivity index (χ3n) is 3.37. The maximum Gasteiger partial charge on any atom is 0.161 e. The number of rotatable bonds is 5. The van der Waals surface area contributed by atoms with Crippen LogP contribution in [0.1, 0.15) is 38.3 Å². The molecule has 1 aliphatic rings. The van der Waals surface area contributed by atoms with Gasteiger partial charge in [0.2, 0.25) is 0 Å². The lowest BCUT2D eigenvalue weighted by Crippen LogP contribution is -2.29. The second kappa shape index (κ2) is 6.78. The monoisotopic (exact) mass is 265 g/mol. The summed E-state index contributed by atoms with van der Waals surface area (Å²) in [6.07, 6.45) is 1.68. The van der Waals surface area contributed by atoms with E-state index in [0.29, 0.717) is 13.2 Å². The van der Waals surface area contributed by atoms with Gasteiger partial charge in [0.1, 0.15) is 0 Å². The molecular weight excluding hydrogens is 242 g/mol. The Labute approximate surface area is 114 Å². The first-order chi connectivity index (χ1) is 9.20. The molecule has 0 saturated carbocycles. The lowest BCUT2D eigenvalue weighted by Gasteiger charge is -2.20. The summed E-state index contributed by atoms with van der Waals surface area (Å²) in [6, 6.07) is 6.60. The molecule has 0 fully saturated rings. The van der Waals surface area contributed by atoms with Crippen LogP contribution < -0.4 is 14.8 Å². The van der Waals surface area contributed by atoms with Crippen LogP contribution in [0.4, 0.5) is 0 Å². The van der Waals surface area contributed by atoms with Crippen LogP contribution in [0.3, 0.4) is 0 Å². The molecule has 2 rings (SSSR count). The Morgan fingerprint density at radius 1 is 1.21 bits per heavy atom. The summed E-state index contributed by atoms with van der Waals surface area (Å²) in [5.41, 5.74) is 1.18. The van der Waals surface area contributed by atoms with Crippen LogP contribution in [0.25, 0.3) is 0 Å². The van der Waals surface area contributed by atoms with Gasteiger partial charge in [0, 0.05) is 25.1 Å². The molecule has 1 heterocycles. The van der Waals surface area contributed by atoms with Crippen LogP contribution in [0.15, 0.2) is 18.2 Å². The largest absolute Gasteiger partial charge is 0.490 e. The van der Waals surface area contributed by atoms with E-state index in [9.17, 15) is 0 Å². The molecule has 2 unspecified atom stereocenters. The number of benzene rings is 1. The fourth-order valence-corrected chi connectivity index (χ4v) is 2.25. The average molecular weight is 265 g/mol. The fraction of sp³-hybridized carbons (Fsp3) is 0.600. The van der Waals surface area contributed by atoms with E-state index in [4.69, 9.17) is 14.6 Å². The minimum absolute atomic E-state index is 0.210. The molecule has 0 spiro atoms. The van der Waals surface area contributed by atoms with Crippen molar-refractivity contribution in [3.8, 4) is 11.5 Å². The standard InChI is InChI=1S/C15H23NO3/c1-11(6-7-17)16-12(2)13-4-5-14-15(10-13)19-9-3-8-18-14/h4-5,10-12,16-17H,3,6-9H2,1-2H3. The van der Waals surface area contributed by atoms with Crippen molar-refractivity contribution in [2.75, 3.05) is 19.8 Å². The summed E-state index contributed by atoms with van der Waals surface area (Å²) in [7, 11) is 0. The Kier molecular flexibility index (Phi) is 5.05. The molecule has 1 aliphatic heterocycles. The van der Waals surface area contributed by atoms with Gasteiger partial charge in [0.15, 0.2) is 11.5 Å². The Morgan fingerprint density at radius 3 is 2.68 bits per heavy atom. The predicted molar refractivity (Wildman–Crippen MR) is 74.8 cm³/mol. The average Bonchev–Trinajstić information content (AvgIpc) is 2.63. The first kappa shape index (κ1) is 14.2. The maximum absolute atomic E-state index is 8.93. The smallest absolute Gasteiger partial charge is 0.161 e. The maximum atomic E-state index is 8.93. The minimum Gasteiger partial charge on any atom is -0.490 e. The second-order valence-corrected chi connectivity index (χ2v) is 5.06. The molecule has 4 nitrogen and oxygen atoms in total. The highest BCUT2D eigenvalue weighted by Crippen LogP contribution is 2.32. The van der Waals surface area contributed by atoms with Crippen LogP contribution in [0, 0.1) is 0 Å². The highest BCUT2D eigenvalue weighted by molar-refractivity contribution is 5.44. The van der Waals surface area contributed by atoms with E-state index >= 15 is 0 Å². The topological polar surface area (TPSA) is 50.7 Å². The molecule has 2 N–H and O–H groups in total. The number of aliphatic hydroxyl groups excluding tert-OH is 1. The lowest BCUT2D eigenvalue weighted by atomic mass is 10.1. The molecule has 0 radical (unpaired) electrons. The van der Waals surface area contributed by atoms with Gasteiger partial charge in [-0.25, -0.2) is 0 Å². The zero-order chi connectivity index (χ0) is 13.7. The molecule has 1 aromatic rings. The summed E-state index contributed by atoms with van der Waals surface area (Å²) < 4.78 is 11.3. The van der Waals surface area contributed by atoms with Crippen molar-refractivity contribution in [3.05, 3.63) is 23.8 Å². The lowest BCUT2D eigenvalue weighted by molar-refractivity contribution is 0.264. The van der Waals surface area contributed by atoms with Crippen molar-refractivity contribution < 1.29 is 14.6 Å². The van der Waals surface area contributed by atoms with Gasteiger partial charge < -0.3 is 19.9 Å². The SMILES string of the molecule is CC(CCO)NC(C)c1ccc2c(c1)OCCCO2. The van der Waals surface area contributed by atoms with Crippen molar-refractivity contribution >= 4 is 0 Å². The van der Waals surface area contributed by atoms with Gasteiger partial charge in [-0.1, -0.05) is 6.07 Å². The first-order valence-corrected chi connectivity index (χ1v) is 6.97. The predicted octanol–water partition coefficient (Wildman–Crippen LogP) is 2.27. The van der Waals surface area contributed by atoms with E-state index < -0.39 is 0 Å². The van der Waals surface area contributed by atoms with Crippen LogP contribution in [-0.2, 0) is 0 Å². The van der Waals surface area contributed by atoms with Gasteiger partial charge in [-0.05, 0) is 38.0 Å². The first-order valence-electron chi connectivity index (χ1n) is 6.97. The molecule has 0 bridgehead atoms. The van der Waals surface area contributed by atoms with Gasteiger partial charge in [0.05, 0.1) is 13.2 Å². The molecule has 0 aromatic heterocycles. The quantitative estimate of drug-likeness (QED) is 0.857. The highest BCUT2D eigenvalue weighted by atomic mass is 16.5. The van der Waals surface area contributed by atoms with E-state index in [1.165, 1.54) is 5.56 Å². The second-order valence-electron chi connectivity index (χ2n) is 5.06. The van der Waals surface area contributed by atoms with Crippen molar-refractivity contribution in [2.24, 2.45) is 0 Å². The number of hydrogen-bond donors (Lipinski definition) is 2. The Balaban J connectivity index is 2.06. The van der Waals surface area contributed by atoms with Crippen molar-refractivity contribution in [3.63, 3.8) is 0 Å². The number of hydrogen-bond acceptors (Lipinski definition) is 4. The summed E-state index contributed by atoms with van der Waals surface area (Å²) in [4.78, 5) is 0. The number of fused-ring (bicyclic) bond motifs is 1. The van der Waals surface area contributed by atoms with Gasteiger partial charge >= 0.3 is 0 Å². The minimum atomic E-state index is 0.210. The van der Waals surface area contributed by atoms with Crippen molar-refractivity contribution in [1.82, 2.24) is 5.32 Å². The van der Waals surface area contributed by atoms with Gasteiger partial charge in [-0.3, -0.25) is 0 Å². The third kappa shape index (κ3) is 3.85. The zero-order valence-electron chi connectivity index (χ0n) is 11.7. The summed E-state index contributed by atoms with van der Waals surface area (Å²) in [5, 5.41) is 12.4. The normalized spacial score (nSPS) is 17.6. The Morgan fingerprint density at radius 2 is 1.95 bits per heavy atom. The summed E-state index contributed by atoms with van der Waals surface area (Å²) in [6.45, 7) is 5.83. The highest BCUT2D eigenvalue weighted by Gasteiger charge is 2.14. The van der Waals surface area contributed by atoms with Gasteiger partial charge in [-0.15, -0.1) is 0 Å². The van der Waals surface area contributed by atoms with E-state index in [0.717, 1.165) is 24.3 Å². The summed E-state index contributed by atoms with van der Waals surface area (Å²) >= 11 is 0. The van der Waals surface area contributed by atoms with Crippen molar-refractivity contribution in [1.29, 1.82) is 0 Å². The molecule has 0 aliphatic carbocycles. The van der Waals surface area contributed by atoms with E-state index in [-0.39, 0.29) is 18.7 Å². The number of ether oxygens (including phenoxy) is 2. The fourth-order valence-electron chi connectivity index (χ4n) is 2.25. The van der Waals surface area contributed by atoms with E-state index in [1.807, 2.05) is 12.1 Å². The Hall–Kier alpha value is -1.26. The molecular formula is C15H23NO3. The molecule has 1 aromatic carbocycles. The third-order valence-corrected chi connectivity index (χ3v) is 3.37. The van der Waals surface area contributed by atoms with Crippen LogP contribution in [-0.4, -0.2) is 31.0 Å². The van der Waals surface area contributed by atoms with E-state index in [2.05, 4.69) is 25.2 Å².